The number of nitrogens with zero attached hydrogens (tertiary/aromatic N) is 2. The van der Waals surface area contributed by atoms with E-state index in [9.17, 15) is 10.1 Å². The summed E-state index contributed by atoms with van der Waals surface area (Å²) in [6.45, 7) is 4.86. The van der Waals surface area contributed by atoms with Crippen LogP contribution in [0.4, 0.5) is 0 Å². The second-order valence-electron chi connectivity index (χ2n) is 10.4. The zero-order valence-electron chi connectivity index (χ0n) is 16.9. The third kappa shape index (κ3) is 2.65. The molecular formula is C21H37ClN2O2. The minimum atomic E-state index is -0.292. The van der Waals surface area contributed by atoms with Gasteiger partial charge in [0.25, 0.3) is 0 Å². The molecule has 5 heteroatoms. The average molecular weight is 385 g/mol. The third-order valence-electron chi connectivity index (χ3n) is 9.54. The van der Waals surface area contributed by atoms with Crippen LogP contribution in [0.15, 0.2) is 0 Å². The molecule has 0 aromatic heterocycles. The van der Waals surface area contributed by atoms with Crippen LogP contribution >= 0.6 is 12.4 Å². The summed E-state index contributed by atoms with van der Waals surface area (Å²) < 4.78 is 0. The van der Waals surface area contributed by atoms with Crippen LogP contribution < -0.4 is 0 Å². The minimum Gasteiger partial charge on any atom is -0.306 e. The van der Waals surface area contributed by atoms with Gasteiger partial charge in [0.05, 0.1) is 0 Å². The van der Waals surface area contributed by atoms with E-state index in [2.05, 4.69) is 32.8 Å². The van der Waals surface area contributed by atoms with E-state index in [0.29, 0.717) is 17.4 Å². The molecule has 4 rings (SSSR count). The van der Waals surface area contributed by atoms with Crippen molar-refractivity contribution in [2.45, 2.75) is 83.7 Å². The van der Waals surface area contributed by atoms with E-state index in [-0.39, 0.29) is 28.8 Å². The average Bonchev–Trinajstić information content (AvgIpc) is 2.91. The Kier molecular flexibility index (Phi) is 5.42. The van der Waals surface area contributed by atoms with Crippen molar-refractivity contribution >= 4 is 12.4 Å². The van der Waals surface area contributed by atoms with Crippen LogP contribution in [0.1, 0.15) is 71.6 Å². The maximum atomic E-state index is 11.7. The van der Waals surface area contributed by atoms with E-state index >= 15 is 0 Å². The SMILES string of the molecule is CN(C)C1CCC[C@@H]2CC[C@H]3[C@@H]4CC[C@H]([N+](=O)[O-])[C@@]4(C)CC[C@@H]3[C@@]12C.Cl. The molecule has 0 amide bonds. The standard InChI is InChI=1S/C21H36N2O2.ClH/c1-20-13-12-17-15(16(20)10-11-18(20)23(24)25)9-8-14-6-5-7-19(22(3)4)21(14,17)2;/h14-19H,5-13H2,1-4H3;1H/t14-,15+,16+,17+,18+,19?,20+,21+;/m1./s1. The lowest BCUT2D eigenvalue weighted by Gasteiger charge is -2.63. The Balaban J connectivity index is 0.00000196. The van der Waals surface area contributed by atoms with Gasteiger partial charge in [-0.2, -0.15) is 0 Å². The van der Waals surface area contributed by atoms with Gasteiger partial charge >= 0.3 is 0 Å². The first-order chi connectivity index (χ1) is 11.8. The largest absolute Gasteiger partial charge is 0.306 e. The van der Waals surface area contributed by atoms with E-state index in [4.69, 9.17) is 0 Å². The van der Waals surface area contributed by atoms with Crippen molar-refractivity contribution in [3.63, 3.8) is 0 Å². The smallest absolute Gasteiger partial charge is 0.218 e. The van der Waals surface area contributed by atoms with Crippen molar-refractivity contribution in [3.05, 3.63) is 10.1 Å². The van der Waals surface area contributed by atoms with Crippen LogP contribution in [-0.2, 0) is 0 Å². The summed E-state index contributed by atoms with van der Waals surface area (Å²) in [5, 5.41) is 11.7. The zero-order chi connectivity index (χ0) is 18.0. The molecule has 4 aliphatic rings. The molecular weight excluding hydrogens is 348 g/mol. The topological polar surface area (TPSA) is 46.4 Å². The molecule has 0 spiro atoms. The summed E-state index contributed by atoms with van der Waals surface area (Å²) in [6.07, 6.45) is 11.0. The van der Waals surface area contributed by atoms with Crippen molar-refractivity contribution in [3.8, 4) is 0 Å². The van der Waals surface area contributed by atoms with Crippen LogP contribution in [0.2, 0.25) is 0 Å². The van der Waals surface area contributed by atoms with Gasteiger partial charge in [-0.05, 0) is 88.1 Å². The summed E-state index contributed by atoms with van der Waals surface area (Å²) >= 11 is 0. The highest BCUT2D eigenvalue weighted by Crippen LogP contribution is 2.66. The molecule has 4 saturated carbocycles. The molecule has 0 saturated heterocycles. The number of rotatable bonds is 2. The lowest BCUT2D eigenvalue weighted by Crippen LogP contribution is -2.61. The molecule has 1 unspecified atom stereocenters. The van der Waals surface area contributed by atoms with Crippen molar-refractivity contribution in [2.75, 3.05) is 14.1 Å². The summed E-state index contributed by atoms with van der Waals surface area (Å²) in [7, 11) is 4.54. The fourth-order valence-corrected chi connectivity index (χ4v) is 8.45. The van der Waals surface area contributed by atoms with Gasteiger partial charge in [0, 0.05) is 22.8 Å². The van der Waals surface area contributed by atoms with Crippen LogP contribution in [-0.4, -0.2) is 36.0 Å². The van der Waals surface area contributed by atoms with Gasteiger partial charge in [-0.15, -0.1) is 12.4 Å². The van der Waals surface area contributed by atoms with Crippen LogP contribution in [0.25, 0.3) is 0 Å². The Hall–Kier alpha value is -0.350. The van der Waals surface area contributed by atoms with Gasteiger partial charge < -0.3 is 4.90 Å². The molecule has 0 heterocycles. The summed E-state index contributed by atoms with van der Waals surface area (Å²) in [4.78, 5) is 14.2. The quantitative estimate of drug-likeness (QED) is 0.495. The van der Waals surface area contributed by atoms with E-state index in [1.165, 1.54) is 38.5 Å². The first-order valence-electron chi connectivity index (χ1n) is 10.6. The molecule has 4 fully saturated rings. The summed E-state index contributed by atoms with van der Waals surface area (Å²) in [5.41, 5.74) is 0.370. The lowest BCUT2D eigenvalue weighted by molar-refractivity contribution is -0.540. The fraction of sp³-hybridized carbons (Fsp3) is 1.00. The molecule has 0 aromatic carbocycles. The second-order valence-corrected chi connectivity index (χ2v) is 10.4. The van der Waals surface area contributed by atoms with Crippen molar-refractivity contribution in [1.29, 1.82) is 0 Å². The Labute approximate surface area is 165 Å². The van der Waals surface area contributed by atoms with E-state index in [0.717, 1.165) is 37.0 Å². The van der Waals surface area contributed by atoms with E-state index < -0.39 is 0 Å². The number of nitro groups is 1. The molecule has 0 aliphatic heterocycles. The van der Waals surface area contributed by atoms with Gasteiger partial charge in [0.15, 0.2) is 0 Å². The predicted molar refractivity (Wildman–Crippen MR) is 107 cm³/mol. The van der Waals surface area contributed by atoms with Crippen molar-refractivity contribution < 1.29 is 4.92 Å². The molecule has 0 radical (unpaired) electrons. The summed E-state index contributed by atoms with van der Waals surface area (Å²) in [5.74, 6) is 2.96. The van der Waals surface area contributed by atoms with Crippen LogP contribution in [0, 0.1) is 44.6 Å². The zero-order valence-corrected chi connectivity index (χ0v) is 17.8. The highest BCUT2D eigenvalue weighted by atomic mass is 35.5. The maximum Gasteiger partial charge on any atom is 0.218 e. The fourth-order valence-electron chi connectivity index (χ4n) is 8.45. The van der Waals surface area contributed by atoms with E-state index in [1.54, 1.807) is 0 Å². The van der Waals surface area contributed by atoms with Crippen molar-refractivity contribution in [1.82, 2.24) is 4.90 Å². The van der Waals surface area contributed by atoms with Crippen LogP contribution in [0.5, 0.6) is 0 Å². The molecule has 0 bridgehead atoms. The van der Waals surface area contributed by atoms with Gasteiger partial charge in [-0.25, -0.2) is 0 Å². The summed E-state index contributed by atoms with van der Waals surface area (Å²) in [6, 6.07) is 0.399. The number of fused-ring (bicyclic) bond motifs is 5. The van der Waals surface area contributed by atoms with Gasteiger partial charge in [0.1, 0.15) is 0 Å². The Morgan fingerprint density at radius 2 is 1.69 bits per heavy atom. The van der Waals surface area contributed by atoms with Gasteiger partial charge in [-0.3, -0.25) is 10.1 Å². The Bertz CT molecular complexity index is 556. The molecule has 150 valence electrons. The maximum absolute atomic E-state index is 11.7. The number of hydrogen-bond acceptors (Lipinski definition) is 3. The normalized spacial score (nSPS) is 50.3. The third-order valence-corrected chi connectivity index (χ3v) is 9.54. The second kappa shape index (κ2) is 6.92. The Morgan fingerprint density at radius 3 is 2.35 bits per heavy atom. The molecule has 4 aliphatic carbocycles. The van der Waals surface area contributed by atoms with Gasteiger partial charge in [-0.1, -0.05) is 20.3 Å². The Morgan fingerprint density at radius 1 is 0.962 bits per heavy atom. The molecule has 0 aromatic rings. The predicted octanol–water partition coefficient (Wildman–Crippen LogP) is 5.03. The molecule has 8 atom stereocenters. The lowest BCUT2D eigenvalue weighted by atomic mass is 9.44. The van der Waals surface area contributed by atoms with Crippen LogP contribution in [0.3, 0.4) is 0 Å². The van der Waals surface area contributed by atoms with Gasteiger partial charge in [0.2, 0.25) is 6.04 Å². The molecule has 26 heavy (non-hydrogen) atoms. The molecule has 4 nitrogen and oxygen atoms in total. The number of hydrogen-bond donors (Lipinski definition) is 0. The highest BCUT2D eigenvalue weighted by molar-refractivity contribution is 5.85. The highest BCUT2D eigenvalue weighted by Gasteiger charge is 2.64. The van der Waals surface area contributed by atoms with E-state index in [1.807, 2.05) is 0 Å². The first-order valence-corrected chi connectivity index (χ1v) is 10.6. The first kappa shape index (κ1) is 20.4. The minimum absolute atomic E-state index is 0. The van der Waals surface area contributed by atoms with Crippen molar-refractivity contribution in [2.24, 2.45) is 34.5 Å². The molecule has 0 N–H and O–H groups in total. The monoisotopic (exact) mass is 384 g/mol. The number of halogens is 1.